The van der Waals surface area contributed by atoms with Gasteiger partial charge in [-0.05, 0) is 44.4 Å². The Morgan fingerprint density at radius 2 is 2.17 bits per heavy atom. The molecule has 1 aliphatic heterocycles. The minimum Gasteiger partial charge on any atom is -0.493 e. The molecule has 2 rings (SSSR count). The molecule has 0 aliphatic carbocycles. The number of nitrogens with two attached hydrogens (primary N) is 1. The predicted molar refractivity (Wildman–Crippen MR) is 137 cm³/mol. The summed E-state index contributed by atoms with van der Waals surface area (Å²) in [4.78, 5) is 13.8. The van der Waals surface area contributed by atoms with Crippen molar-refractivity contribution < 1.29 is 19.0 Å². The monoisotopic (exact) mass is 477 g/mol. The number of ether oxygens (including phenoxy) is 3. The van der Waals surface area contributed by atoms with Crippen LogP contribution in [0.2, 0.25) is 0 Å². The molecule has 1 atom stereocenters. The van der Waals surface area contributed by atoms with E-state index in [0.717, 1.165) is 42.0 Å². The maximum atomic E-state index is 11.6. The van der Waals surface area contributed by atoms with Crippen LogP contribution >= 0.6 is 0 Å². The summed E-state index contributed by atoms with van der Waals surface area (Å²) in [6.07, 6.45) is 13.5. The minimum absolute atomic E-state index is 0.208. The fourth-order valence-electron chi connectivity index (χ4n) is 3.68. The third-order valence-corrected chi connectivity index (χ3v) is 5.85. The van der Waals surface area contributed by atoms with Gasteiger partial charge in [0.2, 0.25) is 0 Å². The Bertz CT molecular complexity index is 1030. The van der Waals surface area contributed by atoms with Gasteiger partial charge in [-0.1, -0.05) is 30.2 Å². The van der Waals surface area contributed by atoms with Gasteiger partial charge < -0.3 is 24.8 Å². The van der Waals surface area contributed by atoms with Crippen LogP contribution in [0.4, 0.5) is 5.69 Å². The highest BCUT2D eigenvalue weighted by atomic mass is 16.5. The van der Waals surface area contributed by atoms with Gasteiger partial charge in [0, 0.05) is 36.5 Å². The lowest BCUT2D eigenvalue weighted by Gasteiger charge is -2.32. The maximum absolute atomic E-state index is 11.6. The molecule has 0 aromatic heterocycles. The lowest BCUT2D eigenvalue weighted by Crippen LogP contribution is -2.31. The van der Waals surface area contributed by atoms with Crippen LogP contribution < -0.4 is 15.4 Å². The fourth-order valence-corrected chi connectivity index (χ4v) is 3.68. The van der Waals surface area contributed by atoms with Crippen molar-refractivity contribution in [3.63, 3.8) is 0 Å². The van der Waals surface area contributed by atoms with Crippen LogP contribution in [0, 0.1) is 29.6 Å². The molecule has 1 heterocycles. The number of carbonyl (C=O) groups is 1. The molecule has 0 radical (unpaired) electrons. The predicted octanol–water partition coefficient (Wildman–Crippen LogP) is 4.25. The van der Waals surface area contributed by atoms with E-state index in [1.807, 2.05) is 38.1 Å². The molecule has 0 saturated heterocycles. The second-order valence-corrected chi connectivity index (χ2v) is 8.14. The second kappa shape index (κ2) is 14.4. The standard InChI is InChI=1S/C28H35N3O4/c1-5-22(19-29)12-13-23(6-2)20-35-21(3)25(30)15-18-34-27-11-7-10-26-24(27)9-8-16-31(26)17-14-28(32)33-4/h1,6-7,10-13,22H,8-9,14-18,20,30H2,2-4H3/b13-12-,23-6+,25-21-. The van der Waals surface area contributed by atoms with Crippen molar-refractivity contribution in [2.45, 2.75) is 39.5 Å². The highest BCUT2D eigenvalue weighted by molar-refractivity contribution is 5.70. The molecular formula is C28H35N3O4. The number of hydrogen-bond acceptors (Lipinski definition) is 7. The third kappa shape index (κ3) is 8.46. The molecule has 0 fully saturated rings. The molecule has 1 unspecified atom stereocenters. The van der Waals surface area contributed by atoms with Crippen LogP contribution in [0.1, 0.15) is 38.7 Å². The zero-order valence-electron chi connectivity index (χ0n) is 20.9. The molecule has 7 nitrogen and oxygen atoms in total. The van der Waals surface area contributed by atoms with Crippen molar-refractivity contribution >= 4 is 11.7 Å². The Labute approximate surface area is 208 Å². The lowest BCUT2D eigenvalue weighted by atomic mass is 10.0. The summed E-state index contributed by atoms with van der Waals surface area (Å²) in [6.45, 7) is 6.01. The summed E-state index contributed by atoms with van der Waals surface area (Å²) in [5, 5.41) is 8.95. The normalized spacial score (nSPS) is 14.9. The number of fused-ring (bicyclic) bond motifs is 1. The van der Waals surface area contributed by atoms with Crippen LogP contribution in [-0.2, 0) is 20.7 Å². The molecule has 7 heteroatoms. The number of terminal acetylenes is 1. The summed E-state index contributed by atoms with van der Waals surface area (Å²) < 4.78 is 16.7. The van der Waals surface area contributed by atoms with Gasteiger partial charge in [-0.3, -0.25) is 4.79 Å². The average Bonchev–Trinajstić information content (AvgIpc) is 2.89. The van der Waals surface area contributed by atoms with Crippen LogP contribution in [0.15, 0.2) is 53.5 Å². The number of allylic oxidation sites excluding steroid dienone is 3. The largest absolute Gasteiger partial charge is 0.493 e. The van der Waals surface area contributed by atoms with Gasteiger partial charge in [0.25, 0.3) is 0 Å². The highest BCUT2D eigenvalue weighted by Crippen LogP contribution is 2.34. The second-order valence-electron chi connectivity index (χ2n) is 8.14. The number of nitrogens with zero attached hydrogens (tertiary/aromatic N) is 2. The number of benzene rings is 1. The van der Waals surface area contributed by atoms with E-state index in [1.165, 1.54) is 7.11 Å². The first-order valence-corrected chi connectivity index (χ1v) is 11.8. The number of hydrogen-bond donors (Lipinski definition) is 1. The summed E-state index contributed by atoms with van der Waals surface area (Å²) in [7, 11) is 1.41. The number of esters is 1. The molecule has 1 aromatic rings. The summed E-state index contributed by atoms with van der Waals surface area (Å²) in [6, 6.07) is 8.05. The Morgan fingerprint density at radius 3 is 2.86 bits per heavy atom. The Hall–Kier alpha value is -3.84. The van der Waals surface area contributed by atoms with Crippen molar-refractivity contribution in [2.75, 3.05) is 38.3 Å². The van der Waals surface area contributed by atoms with Crippen LogP contribution in [0.25, 0.3) is 0 Å². The highest BCUT2D eigenvalue weighted by Gasteiger charge is 2.21. The summed E-state index contributed by atoms with van der Waals surface area (Å²) in [5.74, 6) is 3.12. The number of carbonyl (C=O) groups excluding carboxylic acids is 1. The van der Waals surface area contributed by atoms with Gasteiger partial charge in [0.05, 0.1) is 26.2 Å². The van der Waals surface area contributed by atoms with E-state index in [4.69, 9.17) is 31.6 Å². The fraction of sp³-hybridized carbons (Fsp3) is 0.429. The minimum atomic E-state index is -0.563. The molecule has 186 valence electrons. The average molecular weight is 478 g/mol. The van der Waals surface area contributed by atoms with Crippen molar-refractivity contribution in [1.82, 2.24) is 0 Å². The first-order valence-electron chi connectivity index (χ1n) is 11.8. The maximum Gasteiger partial charge on any atom is 0.307 e. The van der Waals surface area contributed by atoms with Gasteiger partial charge in [-0.15, -0.1) is 6.42 Å². The van der Waals surface area contributed by atoms with Gasteiger partial charge in [0.1, 0.15) is 24.0 Å². The summed E-state index contributed by atoms with van der Waals surface area (Å²) >= 11 is 0. The van der Waals surface area contributed by atoms with Crippen molar-refractivity contribution in [1.29, 1.82) is 5.26 Å². The van der Waals surface area contributed by atoms with Crippen molar-refractivity contribution in [3.8, 4) is 24.2 Å². The van der Waals surface area contributed by atoms with Crippen molar-refractivity contribution in [2.24, 2.45) is 11.7 Å². The van der Waals surface area contributed by atoms with E-state index in [9.17, 15) is 4.79 Å². The Balaban J connectivity index is 1.92. The topological polar surface area (TPSA) is 97.8 Å². The quantitative estimate of drug-likeness (QED) is 0.208. The Morgan fingerprint density at radius 1 is 1.37 bits per heavy atom. The molecule has 0 spiro atoms. The Kier molecular flexibility index (Phi) is 11.3. The molecule has 0 amide bonds. The van der Waals surface area contributed by atoms with Crippen LogP contribution in [0.5, 0.6) is 5.75 Å². The zero-order chi connectivity index (χ0) is 25.6. The van der Waals surface area contributed by atoms with Crippen LogP contribution in [0.3, 0.4) is 0 Å². The molecule has 1 aromatic carbocycles. The molecular weight excluding hydrogens is 442 g/mol. The van der Waals surface area contributed by atoms with E-state index in [-0.39, 0.29) is 5.97 Å². The zero-order valence-corrected chi connectivity index (χ0v) is 20.9. The number of rotatable bonds is 12. The summed E-state index contributed by atoms with van der Waals surface area (Å²) in [5.41, 5.74) is 10.0. The van der Waals surface area contributed by atoms with E-state index in [0.29, 0.717) is 44.1 Å². The molecule has 0 saturated carbocycles. The van der Waals surface area contributed by atoms with Crippen molar-refractivity contribution in [3.05, 3.63) is 59.0 Å². The van der Waals surface area contributed by atoms with E-state index in [2.05, 4.69) is 16.9 Å². The molecule has 35 heavy (non-hydrogen) atoms. The SMILES string of the molecule is C#CC(C#N)/C=C\C(=C/C)CO/C(C)=C(\N)CCOc1cccc2c1CCCN2CCC(=O)OC. The van der Waals surface area contributed by atoms with E-state index in [1.54, 1.807) is 12.2 Å². The molecule has 1 aliphatic rings. The van der Waals surface area contributed by atoms with Gasteiger partial charge >= 0.3 is 5.97 Å². The number of methoxy groups -OCH3 is 1. The third-order valence-electron chi connectivity index (χ3n) is 5.85. The van der Waals surface area contributed by atoms with E-state index < -0.39 is 5.92 Å². The van der Waals surface area contributed by atoms with Gasteiger partial charge in [0.15, 0.2) is 0 Å². The smallest absolute Gasteiger partial charge is 0.307 e. The van der Waals surface area contributed by atoms with E-state index >= 15 is 0 Å². The first-order chi connectivity index (χ1) is 16.9. The molecule has 0 bridgehead atoms. The molecule has 2 N–H and O–H groups in total. The van der Waals surface area contributed by atoms with Gasteiger partial charge in [-0.2, -0.15) is 5.26 Å². The number of anilines is 1. The number of nitriles is 1. The first kappa shape index (κ1) is 27.4. The van der Waals surface area contributed by atoms with Gasteiger partial charge in [-0.25, -0.2) is 0 Å². The van der Waals surface area contributed by atoms with Crippen LogP contribution in [-0.4, -0.2) is 39.4 Å². The lowest BCUT2D eigenvalue weighted by molar-refractivity contribution is -0.140.